The van der Waals surface area contributed by atoms with E-state index in [9.17, 15) is 4.79 Å². The van der Waals surface area contributed by atoms with Crippen molar-refractivity contribution >= 4 is 21.8 Å². The largest absolute Gasteiger partial charge is 0.335 e. The van der Waals surface area contributed by atoms with Crippen molar-refractivity contribution < 1.29 is 4.79 Å². The maximum Gasteiger partial charge on any atom is 0.271 e. The van der Waals surface area contributed by atoms with Crippen molar-refractivity contribution in [3.63, 3.8) is 0 Å². The van der Waals surface area contributed by atoms with Crippen LogP contribution in [0.2, 0.25) is 0 Å². The van der Waals surface area contributed by atoms with E-state index in [0.717, 1.165) is 35.1 Å². The monoisotopic (exact) mass is 399 g/mol. The van der Waals surface area contributed by atoms with E-state index in [2.05, 4.69) is 31.2 Å². The van der Waals surface area contributed by atoms with E-state index in [1.807, 2.05) is 52.2 Å². The minimum absolute atomic E-state index is 0.00674. The molecule has 3 heterocycles. The fraction of sp³-hybridized carbons (Fsp3) is 0.278. The lowest BCUT2D eigenvalue weighted by atomic mass is 10.1. The summed E-state index contributed by atoms with van der Waals surface area (Å²) < 4.78 is 2.96. The van der Waals surface area contributed by atoms with Crippen molar-refractivity contribution in [2.24, 2.45) is 0 Å². The molecule has 1 amide bonds. The van der Waals surface area contributed by atoms with E-state index in [4.69, 9.17) is 0 Å². The highest BCUT2D eigenvalue weighted by molar-refractivity contribution is 9.10. The van der Waals surface area contributed by atoms with Crippen molar-refractivity contribution in [1.82, 2.24) is 24.9 Å². The van der Waals surface area contributed by atoms with Crippen LogP contribution in [0.25, 0.3) is 11.3 Å². The van der Waals surface area contributed by atoms with E-state index in [-0.39, 0.29) is 11.9 Å². The van der Waals surface area contributed by atoms with Gasteiger partial charge in [0.15, 0.2) is 0 Å². The van der Waals surface area contributed by atoms with E-state index in [1.165, 1.54) is 0 Å². The van der Waals surface area contributed by atoms with Gasteiger partial charge in [-0.15, -0.1) is 0 Å². The molecule has 7 heteroatoms. The summed E-state index contributed by atoms with van der Waals surface area (Å²) in [7, 11) is 0. The van der Waals surface area contributed by atoms with Gasteiger partial charge >= 0.3 is 0 Å². The van der Waals surface area contributed by atoms with Crippen molar-refractivity contribution in [2.45, 2.75) is 18.9 Å². The molecule has 0 saturated carbocycles. The number of aromatic nitrogens is 4. The fourth-order valence-electron chi connectivity index (χ4n) is 3.22. The average molecular weight is 400 g/mol. The number of H-pyrrole nitrogens is 1. The lowest BCUT2D eigenvalue weighted by Gasteiger charge is -2.32. The zero-order chi connectivity index (χ0) is 17.2. The number of amides is 1. The molecule has 4 rings (SSSR count). The first-order valence-electron chi connectivity index (χ1n) is 8.30. The van der Waals surface area contributed by atoms with Crippen LogP contribution in [0.5, 0.6) is 0 Å². The van der Waals surface area contributed by atoms with Gasteiger partial charge in [-0.3, -0.25) is 14.6 Å². The van der Waals surface area contributed by atoms with E-state index < -0.39 is 0 Å². The minimum atomic E-state index is -0.00674. The second kappa shape index (κ2) is 6.84. The summed E-state index contributed by atoms with van der Waals surface area (Å²) in [5.74, 6) is -0.00674. The molecule has 1 aliphatic rings. The highest BCUT2D eigenvalue weighted by Gasteiger charge is 2.26. The van der Waals surface area contributed by atoms with Gasteiger partial charge < -0.3 is 4.90 Å². The summed E-state index contributed by atoms with van der Waals surface area (Å²) in [6.07, 6.45) is 5.75. The summed E-state index contributed by atoms with van der Waals surface area (Å²) >= 11 is 3.42. The number of piperidine rings is 1. The van der Waals surface area contributed by atoms with Crippen LogP contribution in [0.4, 0.5) is 0 Å². The van der Waals surface area contributed by atoms with Gasteiger partial charge in [0.1, 0.15) is 5.69 Å². The highest BCUT2D eigenvalue weighted by atomic mass is 79.9. The molecule has 1 fully saturated rings. The number of aromatic amines is 1. The van der Waals surface area contributed by atoms with Gasteiger partial charge in [0.05, 0.1) is 11.7 Å². The first-order chi connectivity index (χ1) is 12.2. The third-order valence-corrected chi connectivity index (χ3v) is 5.06. The van der Waals surface area contributed by atoms with Crippen LogP contribution in [0.1, 0.15) is 29.4 Å². The minimum Gasteiger partial charge on any atom is -0.335 e. The number of benzene rings is 1. The molecule has 0 spiro atoms. The average Bonchev–Trinajstić information content (AvgIpc) is 3.34. The number of nitrogens with zero attached hydrogens (tertiary/aromatic N) is 4. The molecule has 0 radical (unpaired) electrons. The van der Waals surface area contributed by atoms with Gasteiger partial charge in [-0.25, -0.2) is 0 Å². The third-order valence-electron chi connectivity index (χ3n) is 4.53. The molecular weight excluding hydrogens is 382 g/mol. The Kier molecular flexibility index (Phi) is 4.40. The van der Waals surface area contributed by atoms with Crippen LogP contribution in [0.3, 0.4) is 0 Å². The number of nitrogens with one attached hydrogen (secondary N) is 1. The Hall–Kier alpha value is -2.41. The smallest absolute Gasteiger partial charge is 0.271 e. The summed E-state index contributed by atoms with van der Waals surface area (Å²) in [6, 6.07) is 11.9. The predicted molar refractivity (Wildman–Crippen MR) is 98.1 cm³/mol. The quantitative estimate of drug-likeness (QED) is 0.732. The Balaban J connectivity index is 1.50. The molecule has 1 unspecified atom stereocenters. The molecule has 1 atom stereocenters. The summed E-state index contributed by atoms with van der Waals surface area (Å²) in [6.45, 7) is 1.44. The zero-order valence-electron chi connectivity index (χ0n) is 13.6. The van der Waals surface area contributed by atoms with Gasteiger partial charge in [-0.2, -0.15) is 10.2 Å². The van der Waals surface area contributed by atoms with Crippen LogP contribution >= 0.6 is 15.9 Å². The van der Waals surface area contributed by atoms with Crippen molar-refractivity contribution in [1.29, 1.82) is 0 Å². The predicted octanol–water partition coefficient (Wildman–Crippen LogP) is 3.51. The number of hydrogen-bond acceptors (Lipinski definition) is 3. The molecule has 3 aromatic rings. The SMILES string of the molecule is O=C(c1cc(-c2ccc(Br)cc2)n[nH]1)N1CCCC(n2cccn2)C1. The van der Waals surface area contributed by atoms with Crippen LogP contribution in [0.15, 0.2) is 53.3 Å². The lowest BCUT2D eigenvalue weighted by molar-refractivity contribution is 0.0667. The Bertz CT molecular complexity index is 856. The number of rotatable bonds is 3. The third kappa shape index (κ3) is 3.37. The molecule has 0 aliphatic carbocycles. The first kappa shape index (κ1) is 16.1. The fourth-order valence-corrected chi connectivity index (χ4v) is 3.49. The topological polar surface area (TPSA) is 66.8 Å². The number of likely N-dealkylation sites (tertiary alicyclic amines) is 1. The van der Waals surface area contributed by atoms with Crippen molar-refractivity contribution in [3.8, 4) is 11.3 Å². The summed E-state index contributed by atoms with van der Waals surface area (Å²) in [4.78, 5) is 14.7. The maximum atomic E-state index is 12.8. The molecule has 1 N–H and O–H groups in total. The van der Waals surface area contributed by atoms with Gasteiger partial charge in [0, 0.05) is 35.5 Å². The van der Waals surface area contributed by atoms with Crippen LogP contribution in [-0.2, 0) is 0 Å². The van der Waals surface area contributed by atoms with E-state index >= 15 is 0 Å². The molecule has 1 saturated heterocycles. The van der Waals surface area contributed by atoms with Gasteiger partial charge in [-0.1, -0.05) is 28.1 Å². The molecule has 2 aromatic heterocycles. The number of carbonyl (C=O) groups is 1. The molecule has 6 nitrogen and oxygen atoms in total. The molecular formula is C18H18BrN5O. The van der Waals surface area contributed by atoms with Gasteiger partial charge in [-0.05, 0) is 37.1 Å². The maximum absolute atomic E-state index is 12.8. The second-order valence-corrected chi connectivity index (χ2v) is 7.12. The number of hydrogen-bond donors (Lipinski definition) is 1. The highest BCUT2D eigenvalue weighted by Crippen LogP contribution is 2.24. The Morgan fingerprint density at radius 2 is 2.12 bits per heavy atom. The van der Waals surface area contributed by atoms with Crippen molar-refractivity contribution in [2.75, 3.05) is 13.1 Å². The van der Waals surface area contributed by atoms with Crippen LogP contribution < -0.4 is 0 Å². The standard InChI is InChI=1S/C18H18BrN5O/c19-14-6-4-13(5-7-14)16-11-17(22-21-16)18(25)23-9-1-3-15(12-23)24-10-2-8-20-24/h2,4-8,10-11,15H,1,3,9,12H2,(H,21,22). The molecule has 25 heavy (non-hydrogen) atoms. The Morgan fingerprint density at radius 3 is 2.88 bits per heavy atom. The molecule has 0 bridgehead atoms. The second-order valence-electron chi connectivity index (χ2n) is 6.21. The van der Waals surface area contributed by atoms with Crippen molar-refractivity contribution in [3.05, 3.63) is 59.0 Å². The van der Waals surface area contributed by atoms with Gasteiger partial charge in [0.2, 0.25) is 0 Å². The summed E-state index contributed by atoms with van der Waals surface area (Å²) in [5.41, 5.74) is 2.28. The van der Waals surface area contributed by atoms with E-state index in [0.29, 0.717) is 12.2 Å². The molecule has 1 aromatic carbocycles. The van der Waals surface area contributed by atoms with Crippen LogP contribution in [-0.4, -0.2) is 43.9 Å². The van der Waals surface area contributed by atoms with Gasteiger partial charge in [0.25, 0.3) is 5.91 Å². The Morgan fingerprint density at radius 1 is 1.28 bits per heavy atom. The normalized spacial score (nSPS) is 17.6. The zero-order valence-corrected chi connectivity index (χ0v) is 15.2. The number of carbonyl (C=O) groups excluding carboxylic acids is 1. The van der Waals surface area contributed by atoms with Crippen LogP contribution in [0, 0.1) is 0 Å². The first-order valence-corrected chi connectivity index (χ1v) is 9.10. The van der Waals surface area contributed by atoms with E-state index in [1.54, 1.807) is 6.20 Å². The molecule has 128 valence electrons. The molecule has 1 aliphatic heterocycles. The number of halogens is 1. The lowest BCUT2D eigenvalue weighted by Crippen LogP contribution is -2.41. The summed E-state index contributed by atoms with van der Waals surface area (Å²) in [5, 5.41) is 11.5. The Labute approximate surface area is 154 Å².